The zero-order chi connectivity index (χ0) is 23.6. The van der Waals surface area contributed by atoms with Gasteiger partial charge in [0.05, 0.1) is 33.2 Å². The van der Waals surface area contributed by atoms with Gasteiger partial charge in [-0.1, -0.05) is 11.3 Å². The Bertz CT molecular complexity index is 1410. The quantitative estimate of drug-likeness (QED) is 0.445. The molecule has 0 aliphatic carbocycles. The van der Waals surface area contributed by atoms with Crippen LogP contribution in [0.1, 0.15) is 0 Å². The summed E-state index contributed by atoms with van der Waals surface area (Å²) in [7, 11) is -5.73. The molecule has 33 heavy (non-hydrogen) atoms. The number of aryl methyl sites for hydroxylation is 1. The van der Waals surface area contributed by atoms with Gasteiger partial charge in [0.25, 0.3) is 0 Å². The summed E-state index contributed by atoms with van der Waals surface area (Å²) >= 11 is 0.985. The van der Waals surface area contributed by atoms with Crippen molar-refractivity contribution in [3.63, 3.8) is 0 Å². The van der Waals surface area contributed by atoms with Gasteiger partial charge in [0.15, 0.2) is 0 Å². The van der Waals surface area contributed by atoms with Gasteiger partial charge in [-0.2, -0.15) is 4.31 Å². The number of hydrogen-bond donors (Lipinski definition) is 1. The molecular formula is C20H23N3O7S3. The first-order valence-corrected chi connectivity index (χ1v) is 13.8. The van der Waals surface area contributed by atoms with Gasteiger partial charge in [0, 0.05) is 26.7 Å². The van der Waals surface area contributed by atoms with Crippen LogP contribution in [0.15, 0.2) is 57.1 Å². The van der Waals surface area contributed by atoms with Crippen LogP contribution >= 0.6 is 11.3 Å². The van der Waals surface area contributed by atoms with Crippen LogP contribution in [0.3, 0.4) is 0 Å². The SMILES string of the molecule is Cn1c(=O)sc2cc(S(=O)(=O)NCCOc3ccc(S(=O)(=O)N4CCOCC4)cc3)ccc21. The van der Waals surface area contributed by atoms with Gasteiger partial charge < -0.3 is 14.0 Å². The van der Waals surface area contributed by atoms with Crippen molar-refractivity contribution >= 4 is 41.6 Å². The van der Waals surface area contributed by atoms with E-state index in [4.69, 9.17) is 9.47 Å². The number of hydrogen-bond acceptors (Lipinski definition) is 8. The van der Waals surface area contributed by atoms with E-state index in [9.17, 15) is 21.6 Å². The van der Waals surface area contributed by atoms with Crippen LogP contribution in [-0.4, -0.2) is 65.2 Å². The minimum atomic E-state index is -3.78. The lowest BCUT2D eigenvalue weighted by Crippen LogP contribution is -2.40. The molecule has 1 saturated heterocycles. The average Bonchev–Trinajstić information content (AvgIpc) is 3.10. The number of nitrogens with zero attached hydrogens (tertiary/aromatic N) is 2. The Balaban J connectivity index is 1.33. The Morgan fingerprint density at radius 3 is 2.39 bits per heavy atom. The van der Waals surface area contributed by atoms with Crippen molar-refractivity contribution in [1.29, 1.82) is 0 Å². The van der Waals surface area contributed by atoms with Crippen LogP contribution in [0.4, 0.5) is 0 Å². The van der Waals surface area contributed by atoms with Gasteiger partial charge in [-0.3, -0.25) is 4.79 Å². The van der Waals surface area contributed by atoms with Crippen LogP contribution in [-0.2, 0) is 31.8 Å². The second-order valence-corrected chi connectivity index (χ2v) is 12.0. The van der Waals surface area contributed by atoms with E-state index >= 15 is 0 Å². The van der Waals surface area contributed by atoms with Crippen LogP contribution in [0, 0.1) is 0 Å². The molecular weight excluding hydrogens is 490 g/mol. The Kier molecular flexibility index (Phi) is 6.88. The predicted octanol–water partition coefficient (Wildman–Crippen LogP) is 0.978. The third kappa shape index (κ3) is 5.13. The molecule has 0 atom stereocenters. The summed E-state index contributed by atoms with van der Waals surface area (Å²) in [6.07, 6.45) is 0. The van der Waals surface area contributed by atoms with E-state index in [0.717, 1.165) is 11.3 Å². The molecule has 0 saturated carbocycles. The summed E-state index contributed by atoms with van der Waals surface area (Å²) < 4.78 is 67.0. The van der Waals surface area contributed by atoms with Gasteiger partial charge in [-0.05, 0) is 42.5 Å². The molecule has 0 bridgehead atoms. The molecule has 178 valence electrons. The third-order valence-electron chi connectivity index (χ3n) is 5.17. The predicted molar refractivity (Wildman–Crippen MR) is 124 cm³/mol. The number of ether oxygens (including phenoxy) is 2. The molecule has 1 aliphatic rings. The normalized spacial score (nSPS) is 15.7. The highest BCUT2D eigenvalue weighted by atomic mass is 32.2. The Hall–Kier alpha value is -2.29. The number of fused-ring (bicyclic) bond motifs is 1. The lowest BCUT2D eigenvalue weighted by atomic mass is 10.3. The van der Waals surface area contributed by atoms with Crippen LogP contribution < -0.4 is 14.3 Å². The van der Waals surface area contributed by atoms with Gasteiger partial charge >= 0.3 is 4.87 Å². The fourth-order valence-corrected chi connectivity index (χ4v) is 6.79. The van der Waals surface area contributed by atoms with E-state index < -0.39 is 20.0 Å². The Morgan fingerprint density at radius 1 is 1.03 bits per heavy atom. The van der Waals surface area contributed by atoms with Crippen LogP contribution in [0.5, 0.6) is 5.75 Å². The molecule has 4 rings (SSSR count). The molecule has 0 amide bonds. The fraction of sp³-hybridized carbons (Fsp3) is 0.350. The first kappa shape index (κ1) is 23.9. The highest BCUT2D eigenvalue weighted by molar-refractivity contribution is 7.89. The number of sulfonamides is 2. The summed E-state index contributed by atoms with van der Waals surface area (Å²) in [5, 5.41) is 0. The largest absolute Gasteiger partial charge is 0.492 e. The van der Waals surface area contributed by atoms with Gasteiger partial charge in [-0.25, -0.2) is 21.6 Å². The van der Waals surface area contributed by atoms with Gasteiger partial charge in [0.1, 0.15) is 12.4 Å². The summed E-state index contributed by atoms with van der Waals surface area (Å²) in [6, 6.07) is 10.5. The zero-order valence-electron chi connectivity index (χ0n) is 17.8. The van der Waals surface area contributed by atoms with Crippen molar-refractivity contribution in [2.75, 3.05) is 39.5 Å². The van der Waals surface area contributed by atoms with Crippen molar-refractivity contribution in [2.24, 2.45) is 7.05 Å². The highest BCUT2D eigenvalue weighted by Gasteiger charge is 2.26. The summed E-state index contributed by atoms with van der Waals surface area (Å²) in [4.78, 5) is 11.8. The lowest BCUT2D eigenvalue weighted by Gasteiger charge is -2.26. The highest BCUT2D eigenvalue weighted by Crippen LogP contribution is 2.22. The van der Waals surface area contributed by atoms with Crippen molar-refractivity contribution < 1.29 is 26.3 Å². The van der Waals surface area contributed by atoms with Crippen molar-refractivity contribution in [1.82, 2.24) is 13.6 Å². The maximum atomic E-state index is 12.6. The first-order valence-electron chi connectivity index (χ1n) is 10.1. The second kappa shape index (κ2) is 9.52. The van der Waals surface area contributed by atoms with Gasteiger partial charge in [-0.15, -0.1) is 0 Å². The molecule has 3 aromatic rings. The number of nitrogens with one attached hydrogen (secondary N) is 1. The molecule has 1 aliphatic heterocycles. The fourth-order valence-electron chi connectivity index (χ4n) is 3.35. The molecule has 0 unspecified atom stereocenters. The number of rotatable bonds is 8. The maximum Gasteiger partial charge on any atom is 0.307 e. The second-order valence-electron chi connectivity index (χ2n) is 7.29. The molecule has 1 aromatic heterocycles. The van der Waals surface area contributed by atoms with E-state index in [1.165, 1.54) is 45.3 Å². The number of morpholine rings is 1. The van der Waals surface area contributed by atoms with Crippen LogP contribution in [0.2, 0.25) is 0 Å². The molecule has 1 fully saturated rings. The molecule has 2 aromatic carbocycles. The summed E-state index contributed by atoms with van der Waals surface area (Å²) in [6.45, 7) is 1.44. The van der Waals surface area contributed by atoms with E-state index in [-0.39, 0.29) is 27.8 Å². The van der Waals surface area contributed by atoms with Crippen molar-refractivity contribution in [3.8, 4) is 5.75 Å². The molecule has 10 nitrogen and oxygen atoms in total. The molecule has 1 N–H and O–H groups in total. The van der Waals surface area contributed by atoms with E-state index in [2.05, 4.69) is 4.72 Å². The lowest BCUT2D eigenvalue weighted by molar-refractivity contribution is 0.0730. The topological polar surface area (TPSA) is 124 Å². The molecule has 0 radical (unpaired) electrons. The van der Waals surface area contributed by atoms with Crippen molar-refractivity contribution in [2.45, 2.75) is 9.79 Å². The molecule has 13 heteroatoms. The standard InChI is InChI=1S/C20H23N3O7S3/c1-22-18-7-6-17(14-19(18)31-20(22)24)32(25,26)21-8-11-30-15-2-4-16(5-3-15)33(27,28)23-9-12-29-13-10-23/h2-7,14,21H,8-13H2,1H3. The van der Waals surface area contributed by atoms with Gasteiger partial charge in [0.2, 0.25) is 20.0 Å². The number of benzene rings is 2. The first-order chi connectivity index (χ1) is 15.7. The minimum Gasteiger partial charge on any atom is -0.492 e. The van der Waals surface area contributed by atoms with E-state index in [1.54, 1.807) is 13.1 Å². The average molecular weight is 514 g/mol. The van der Waals surface area contributed by atoms with E-state index in [0.29, 0.717) is 42.3 Å². The zero-order valence-corrected chi connectivity index (χ0v) is 20.2. The third-order valence-corrected chi connectivity index (χ3v) is 9.54. The smallest absolute Gasteiger partial charge is 0.307 e. The minimum absolute atomic E-state index is 0.0131. The summed E-state index contributed by atoms with van der Waals surface area (Å²) in [5.74, 6) is 0.422. The maximum absolute atomic E-state index is 12.6. The number of thiazole rings is 1. The molecule has 0 spiro atoms. The number of aromatic nitrogens is 1. The van der Waals surface area contributed by atoms with E-state index in [1.807, 2.05) is 0 Å². The summed E-state index contributed by atoms with van der Waals surface area (Å²) in [5.41, 5.74) is 0.673. The Labute approximate surface area is 195 Å². The van der Waals surface area contributed by atoms with Crippen molar-refractivity contribution in [3.05, 3.63) is 52.1 Å². The monoisotopic (exact) mass is 513 g/mol. The van der Waals surface area contributed by atoms with Crippen LogP contribution in [0.25, 0.3) is 10.2 Å². The molecule has 2 heterocycles. The Morgan fingerprint density at radius 2 is 1.70 bits per heavy atom.